The van der Waals surface area contributed by atoms with Crippen LogP contribution in [0.1, 0.15) is 23.6 Å². The predicted molar refractivity (Wildman–Crippen MR) is 106 cm³/mol. The first-order chi connectivity index (χ1) is 13.8. The van der Waals surface area contributed by atoms with Crippen molar-refractivity contribution in [1.29, 1.82) is 0 Å². The molecule has 0 spiro atoms. The number of oxime groups is 1. The van der Waals surface area contributed by atoms with Gasteiger partial charge < -0.3 is 19.6 Å². The van der Waals surface area contributed by atoms with E-state index in [4.69, 9.17) is 9.47 Å². The van der Waals surface area contributed by atoms with E-state index in [0.29, 0.717) is 37.2 Å². The Morgan fingerprint density at radius 3 is 2.36 bits per heavy atom. The highest BCUT2D eigenvalue weighted by atomic mass is 16.5. The second-order valence-corrected chi connectivity index (χ2v) is 6.44. The highest BCUT2D eigenvalue weighted by molar-refractivity contribution is 5.98. The van der Waals surface area contributed by atoms with Crippen LogP contribution >= 0.6 is 0 Å². The van der Waals surface area contributed by atoms with Crippen molar-refractivity contribution in [3.05, 3.63) is 83.6 Å². The Balaban J connectivity index is 1.51. The molecule has 28 heavy (non-hydrogen) atoms. The number of amidine groups is 1. The topological polar surface area (TPSA) is 67.2 Å². The molecular weight excluding hydrogens is 354 g/mol. The van der Waals surface area contributed by atoms with Crippen molar-refractivity contribution < 1.29 is 14.7 Å². The molecule has 1 aromatic heterocycles. The van der Waals surface area contributed by atoms with Gasteiger partial charge in [-0.05, 0) is 48.4 Å². The van der Waals surface area contributed by atoms with Gasteiger partial charge in [-0.2, -0.15) is 0 Å². The number of benzene rings is 2. The van der Waals surface area contributed by atoms with Gasteiger partial charge in [0.05, 0.1) is 6.61 Å². The van der Waals surface area contributed by atoms with Gasteiger partial charge in [-0.1, -0.05) is 29.4 Å². The summed E-state index contributed by atoms with van der Waals surface area (Å²) in [6.07, 6.45) is 1.65. The third-order valence-electron chi connectivity index (χ3n) is 4.59. The standard InChI is InChI=1S/C22H21N3O3/c1-2-27-19-7-9-20(10-8-19)28-21-13-16(11-12-23-21)22(24-26)25-14-17-5-3-4-6-18(17)15-25/h3-13,26H,2,14-15H2,1H3/b24-22-. The molecule has 6 heteroatoms. The lowest BCUT2D eigenvalue weighted by molar-refractivity contribution is 0.301. The fourth-order valence-electron chi connectivity index (χ4n) is 3.28. The van der Waals surface area contributed by atoms with Gasteiger partial charge in [0.2, 0.25) is 5.88 Å². The molecule has 1 aliphatic heterocycles. The fourth-order valence-corrected chi connectivity index (χ4v) is 3.28. The number of pyridine rings is 1. The number of ether oxygens (including phenoxy) is 2. The summed E-state index contributed by atoms with van der Waals surface area (Å²) in [6.45, 7) is 3.96. The minimum Gasteiger partial charge on any atom is -0.494 e. The highest BCUT2D eigenvalue weighted by Crippen LogP contribution is 2.27. The number of hydrogen-bond acceptors (Lipinski definition) is 5. The molecule has 142 valence electrons. The molecule has 4 rings (SSSR count). The lowest BCUT2D eigenvalue weighted by atomic mass is 10.1. The van der Waals surface area contributed by atoms with Crippen molar-refractivity contribution in [2.24, 2.45) is 5.16 Å². The first-order valence-electron chi connectivity index (χ1n) is 9.17. The minimum absolute atomic E-state index is 0.430. The summed E-state index contributed by atoms with van der Waals surface area (Å²) in [5.74, 6) is 2.37. The second kappa shape index (κ2) is 8.00. The van der Waals surface area contributed by atoms with Crippen molar-refractivity contribution in [2.75, 3.05) is 6.61 Å². The van der Waals surface area contributed by atoms with Crippen molar-refractivity contribution >= 4 is 5.84 Å². The average molecular weight is 375 g/mol. The van der Waals surface area contributed by atoms with Crippen LogP contribution in [-0.4, -0.2) is 27.5 Å². The van der Waals surface area contributed by atoms with Crippen LogP contribution in [0.5, 0.6) is 17.4 Å². The third kappa shape index (κ3) is 3.76. The molecule has 2 aromatic carbocycles. The monoisotopic (exact) mass is 375 g/mol. The first kappa shape index (κ1) is 17.9. The van der Waals surface area contributed by atoms with E-state index in [9.17, 15) is 5.21 Å². The van der Waals surface area contributed by atoms with E-state index in [1.165, 1.54) is 11.1 Å². The molecule has 3 aromatic rings. The maximum absolute atomic E-state index is 9.65. The van der Waals surface area contributed by atoms with Crippen LogP contribution in [-0.2, 0) is 13.1 Å². The van der Waals surface area contributed by atoms with Crippen LogP contribution in [0.15, 0.2) is 72.0 Å². The van der Waals surface area contributed by atoms with Gasteiger partial charge >= 0.3 is 0 Å². The molecule has 0 bridgehead atoms. The van der Waals surface area contributed by atoms with E-state index < -0.39 is 0 Å². The first-order valence-corrected chi connectivity index (χ1v) is 9.17. The normalized spacial score (nSPS) is 13.3. The van der Waals surface area contributed by atoms with Crippen LogP contribution in [0.3, 0.4) is 0 Å². The Labute approximate surface area is 163 Å². The van der Waals surface area contributed by atoms with Gasteiger partial charge in [0.15, 0.2) is 5.84 Å². The van der Waals surface area contributed by atoms with Gasteiger partial charge in [0.25, 0.3) is 0 Å². The van der Waals surface area contributed by atoms with Crippen LogP contribution in [0.4, 0.5) is 0 Å². The van der Waals surface area contributed by atoms with Gasteiger partial charge in [0.1, 0.15) is 11.5 Å². The van der Waals surface area contributed by atoms with E-state index in [-0.39, 0.29) is 0 Å². The van der Waals surface area contributed by atoms with Gasteiger partial charge in [-0.15, -0.1) is 0 Å². The molecule has 0 saturated heterocycles. The Morgan fingerprint density at radius 1 is 1.04 bits per heavy atom. The summed E-state index contributed by atoms with van der Waals surface area (Å²) < 4.78 is 11.3. The summed E-state index contributed by atoms with van der Waals surface area (Å²) in [5, 5.41) is 13.2. The Kier molecular flexibility index (Phi) is 5.10. The van der Waals surface area contributed by atoms with E-state index in [2.05, 4.69) is 22.3 Å². The van der Waals surface area contributed by atoms with Crippen LogP contribution in [0.2, 0.25) is 0 Å². The SMILES string of the molecule is CCOc1ccc(Oc2cc(/C(=N/O)N3Cc4ccccc4C3)ccn2)cc1. The fraction of sp³-hybridized carbons (Fsp3) is 0.182. The number of aromatic nitrogens is 1. The van der Waals surface area contributed by atoms with E-state index >= 15 is 0 Å². The maximum Gasteiger partial charge on any atom is 0.219 e. The van der Waals surface area contributed by atoms with Crippen molar-refractivity contribution in [1.82, 2.24) is 9.88 Å². The Morgan fingerprint density at radius 2 is 1.71 bits per heavy atom. The number of fused-ring (bicyclic) bond motifs is 1. The van der Waals surface area contributed by atoms with E-state index in [1.54, 1.807) is 12.3 Å². The lowest BCUT2D eigenvalue weighted by Gasteiger charge is -2.19. The number of hydrogen-bond donors (Lipinski definition) is 1. The Bertz CT molecular complexity index is 961. The molecule has 0 amide bonds. The molecule has 0 saturated carbocycles. The highest BCUT2D eigenvalue weighted by Gasteiger charge is 2.23. The number of rotatable bonds is 5. The molecular formula is C22H21N3O3. The van der Waals surface area contributed by atoms with Gasteiger partial charge in [-0.3, -0.25) is 0 Å². The van der Waals surface area contributed by atoms with E-state index in [1.807, 2.05) is 54.3 Å². The van der Waals surface area contributed by atoms with Crippen molar-refractivity contribution in [3.63, 3.8) is 0 Å². The van der Waals surface area contributed by atoms with Crippen LogP contribution < -0.4 is 9.47 Å². The summed E-state index contributed by atoms with van der Waals surface area (Å²) in [5.41, 5.74) is 3.22. The second-order valence-electron chi connectivity index (χ2n) is 6.44. The van der Waals surface area contributed by atoms with Crippen LogP contribution in [0, 0.1) is 0 Å². The quantitative estimate of drug-likeness (QED) is 0.309. The largest absolute Gasteiger partial charge is 0.494 e. The molecule has 0 unspecified atom stereocenters. The van der Waals surface area contributed by atoms with E-state index in [0.717, 1.165) is 11.3 Å². The molecule has 0 aliphatic carbocycles. The molecule has 2 heterocycles. The molecule has 1 aliphatic rings. The average Bonchev–Trinajstić information content (AvgIpc) is 3.14. The van der Waals surface area contributed by atoms with Crippen molar-refractivity contribution in [2.45, 2.75) is 20.0 Å². The third-order valence-corrected chi connectivity index (χ3v) is 4.59. The summed E-state index contributed by atoms with van der Waals surface area (Å²) in [4.78, 5) is 6.30. The molecule has 1 N–H and O–H groups in total. The zero-order chi connectivity index (χ0) is 19.3. The maximum atomic E-state index is 9.65. The molecule has 0 atom stereocenters. The zero-order valence-corrected chi connectivity index (χ0v) is 15.6. The van der Waals surface area contributed by atoms with Gasteiger partial charge in [0, 0.05) is 30.9 Å². The zero-order valence-electron chi connectivity index (χ0n) is 15.6. The predicted octanol–water partition coefficient (Wildman–Crippen LogP) is 4.42. The Hall–Kier alpha value is -3.54. The molecule has 0 fully saturated rings. The molecule has 6 nitrogen and oxygen atoms in total. The summed E-state index contributed by atoms with van der Waals surface area (Å²) in [6, 6.07) is 19.2. The minimum atomic E-state index is 0.430. The van der Waals surface area contributed by atoms with Crippen molar-refractivity contribution in [3.8, 4) is 17.4 Å². The van der Waals surface area contributed by atoms with Crippen LogP contribution in [0.25, 0.3) is 0 Å². The smallest absolute Gasteiger partial charge is 0.219 e. The number of nitrogens with zero attached hydrogens (tertiary/aromatic N) is 3. The summed E-state index contributed by atoms with van der Waals surface area (Å²) >= 11 is 0. The van der Waals surface area contributed by atoms with Gasteiger partial charge in [-0.25, -0.2) is 4.98 Å². The lowest BCUT2D eigenvalue weighted by Crippen LogP contribution is -2.26. The molecule has 0 radical (unpaired) electrons. The summed E-state index contributed by atoms with van der Waals surface area (Å²) in [7, 11) is 0.